The molecule has 68 valence electrons. The number of nitrogens with one attached hydrogen (secondary N) is 1. The number of hydrogen-bond acceptors (Lipinski definition) is 0. The maximum absolute atomic E-state index is 13.1. The number of H-pyrrole nitrogens is 1. The van der Waals surface area contributed by atoms with Crippen molar-refractivity contribution in [1.29, 1.82) is 0 Å². The highest BCUT2D eigenvalue weighted by Gasteiger charge is 2.11. The van der Waals surface area contributed by atoms with Crippen LogP contribution in [0.25, 0.3) is 10.9 Å². The molecule has 3 heteroatoms. The zero-order chi connectivity index (χ0) is 9.42. The highest BCUT2D eigenvalue weighted by Crippen LogP contribution is 2.31. The Bertz CT molecular complexity index is 433. The fourth-order valence-electron chi connectivity index (χ4n) is 1.48. The smallest absolute Gasteiger partial charge is 0.124 e. The molecule has 1 nitrogen and oxygen atoms in total. The third-order valence-electron chi connectivity index (χ3n) is 2.11. The summed E-state index contributed by atoms with van der Waals surface area (Å²) in [6.07, 6.45) is 0.785. The second kappa shape index (κ2) is 3.14. The van der Waals surface area contributed by atoms with Gasteiger partial charge in [0.2, 0.25) is 0 Å². The van der Waals surface area contributed by atoms with E-state index in [1.165, 1.54) is 0 Å². The third-order valence-corrected chi connectivity index (χ3v) is 2.77. The summed E-state index contributed by atoms with van der Waals surface area (Å²) < 4.78 is 14.1. The minimum Gasteiger partial charge on any atom is -0.361 e. The Labute approximate surface area is 84.1 Å². The lowest BCUT2D eigenvalue weighted by atomic mass is 10.1. The monoisotopic (exact) mass is 241 g/mol. The summed E-state index contributed by atoms with van der Waals surface area (Å²) in [6, 6.07) is 5.78. The van der Waals surface area contributed by atoms with E-state index in [2.05, 4.69) is 20.9 Å². The normalized spacial score (nSPS) is 13.5. The molecular formula is C10H9BrFN. The summed E-state index contributed by atoms with van der Waals surface area (Å²) in [5.74, 6) is 0. The van der Waals surface area contributed by atoms with Gasteiger partial charge in [-0.2, -0.15) is 0 Å². The molecule has 0 fully saturated rings. The molecule has 1 atom stereocenters. The Morgan fingerprint density at radius 1 is 1.46 bits per heavy atom. The van der Waals surface area contributed by atoms with Crippen LogP contribution in [0.4, 0.5) is 4.39 Å². The van der Waals surface area contributed by atoms with Gasteiger partial charge in [-0.25, -0.2) is 4.39 Å². The van der Waals surface area contributed by atoms with Crippen LogP contribution in [0.5, 0.6) is 0 Å². The van der Waals surface area contributed by atoms with Crippen LogP contribution in [0.3, 0.4) is 0 Å². The topological polar surface area (TPSA) is 15.8 Å². The van der Waals surface area contributed by atoms with Crippen LogP contribution >= 0.6 is 15.9 Å². The van der Waals surface area contributed by atoms with Gasteiger partial charge in [0.05, 0.1) is 0 Å². The van der Waals surface area contributed by atoms with E-state index in [0.717, 1.165) is 15.4 Å². The molecule has 1 N–H and O–H groups in total. The molecule has 0 radical (unpaired) electrons. The van der Waals surface area contributed by atoms with Crippen molar-refractivity contribution < 1.29 is 4.39 Å². The summed E-state index contributed by atoms with van der Waals surface area (Å²) in [5.41, 5.74) is 1.68. The van der Waals surface area contributed by atoms with E-state index in [1.807, 2.05) is 18.2 Å². The van der Waals surface area contributed by atoms with E-state index in [-0.39, 0.29) is 0 Å². The molecule has 0 saturated carbocycles. The summed E-state index contributed by atoms with van der Waals surface area (Å²) in [4.78, 5) is 3.04. The first-order valence-electron chi connectivity index (χ1n) is 4.09. The predicted molar refractivity (Wildman–Crippen MR) is 55.5 cm³/mol. The number of rotatable bonds is 1. The zero-order valence-corrected chi connectivity index (χ0v) is 8.73. The molecule has 0 aliphatic heterocycles. The fourth-order valence-corrected chi connectivity index (χ4v) is 2.07. The molecule has 0 aliphatic carbocycles. The molecule has 1 aromatic carbocycles. The predicted octanol–water partition coefficient (Wildman–Crippen LogP) is 3.96. The van der Waals surface area contributed by atoms with Crippen LogP contribution in [-0.4, -0.2) is 4.98 Å². The van der Waals surface area contributed by atoms with Crippen molar-refractivity contribution in [3.8, 4) is 0 Å². The minimum absolute atomic E-state index is 0.711. The quantitative estimate of drug-likeness (QED) is 0.778. The van der Waals surface area contributed by atoms with Gasteiger partial charge in [0.15, 0.2) is 0 Å². The number of aromatic nitrogens is 1. The van der Waals surface area contributed by atoms with Gasteiger partial charge in [-0.15, -0.1) is 0 Å². The van der Waals surface area contributed by atoms with Gasteiger partial charge in [-0.3, -0.25) is 0 Å². The Morgan fingerprint density at radius 3 is 2.92 bits per heavy atom. The number of hydrogen-bond donors (Lipinski definition) is 1. The van der Waals surface area contributed by atoms with Crippen LogP contribution in [-0.2, 0) is 0 Å². The van der Waals surface area contributed by atoms with E-state index >= 15 is 0 Å². The number of benzene rings is 1. The highest BCUT2D eigenvalue weighted by atomic mass is 79.9. The first-order valence-corrected chi connectivity index (χ1v) is 4.89. The van der Waals surface area contributed by atoms with E-state index in [1.54, 1.807) is 13.1 Å². The Kier molecular flexibility index (Phi) is 2.12. The molecule has 0 spiro atoms. The van der Waals surface area contributed by atoms with Crippen molar-refractivity contribution in [2.45, 2.75) is 13.1 Å². The summed E-state index contributed by atoms with van der Waals surface area (Å²) >= 11 is 3.41. The largest absolute Gasteiger partial charge is 0.361 e. The Hall–Kier alpha value is -0.830. The fraction of sp³-hybridized carbons (Fsp3) is 0.200. The highest BCUT2D eigenvalue weighted by molar-refractivity contribution is 9.10. The van der Waals surface area contributed by atoms with Crippen LogP contribution in [0.15, 0.2) is 28.9 Å². The molecule has 1 aromatic heterocycles. The molecule has 2 aromatic rings. The molecule has 0 saturated heterocycles. The van der Waals surface area contributed by atoms with Crippen LogP contribution < -0.4 is 0 Å². The lowest BCUT2D eigenvalue weighted by Crippen LogP contribution is -1.82. The van der Waals surface area contributed by atoms with Crippen molar-refractivity contribution >= 4 is 26.8 Å². The lowest BCUT2D eigenvalue weighted by Gasteiger charge is -2.00. The van der Waals surface area contributed by atoms with Crippen molar-refractivity contribution in [2.24, 2.45) is 0 Å². The van der Waals surface area contributed by atoms with Crippen molar-refractivity contribution in [3.63, 3.8) is 0 Å². The zero-order valence-electron chi connectivity index (χ0n) is 7.14. The van der Waals surface area contributed by atoms with E-state index < -0.39 is 6.17 Å². The average molecular weight is 242 g/mol. The number of halogens is 2. The van der Waals surface area contributed by atoms with E-state index in [9.17, 15) is 4.39 Å². The van der Waals surface area contributed by atoms with Gasteiger partial charge < -0.3 is 4.98 Å². The van der Waals surface area contributed by atoms with Crippen LogP contribution in [0, 0.1) is 0 Å². The van der Waals surface area contributed by atoms with Crippen molar-refractivity contribution in [1.82, 2.24) is 4.98 Å². The average Bonchev–Trinajstić information content (AvgIpc) is 2.49. The number of fused-ring (bicyclic) bond motifs is 1. The molecule has 1 unspecified atom stereocenters. The van der Waals surface area contributed by atoms with Gasteiger partial charge in [-0.1, -0.05) is 22.0 Å². The Morgan fingerprint density at radius 2 is 2.23 bits per heavy atom. The maximum atomic E-state index is 13.1. The molecule has 2 rings (SSSR count). The molecular weight excluding hydrogens is 233 g/mol. The summed E-state index contributed by atoms with van der Waals surface area (Å²) in [5, 5.41) is 0.942. The van der Waals surface area contributed by atoms with E-state index in [0.29, 0.717) is 5.56 Å². The maximum Gasteiger partial charge on any atom is 0.124 e. The SMILES string of the molecule is CC(F)c1c[nH]c2cccc(Br)c12. The third kappa shape index (κ3) is 1.37. The lowest BCUT2D eigenvalue weighted by molar-refractivity contribution is 0.376. The molecule has 13 heavy (non-hydrogen) atoms. The minimum atomic E-state index is -0.938. The van der Waals surface area contributed by atoms with Gasteiger partial charge in [0.25, 0.3) is 0 Å². The first-order chi connectivity index (χ1) is 6.20. The van der Waals surface area contributed by atoms with E-state index in [4.69, 9.17) is 0 Å². The Balaban J connectivity index is 2.79. The van der Waals surface area contributed by atoms with Crippen molar-refractivity contribution in [3.05, 3.63) is 34.4 Å². The second-order valence-electron chi connectivity index (χ2n) is 3.02. The summed E-state index contributed by atoms with van der Waals surface area (Å²) in [7, 11) is 0. The second-order valence-corrected chi connectivity index (χ2v) is 3.88. The van der Waals surface area contributed by atoms with Crippen LogP contribution in [0.2, 0.25) is 0 Å². The van der Waals surface area contributed by atoms with Crippen molar-refractivity contribution in [2.75, 3.05) is 0 Å². The number of alkyl halides is 1. The first kappa shape index (κ1) is 8.75. The van der Waals surface area contributed by atoms with Gasteiger partial charge in [-0.05, 0) is 19.1 Å². The molecule has 1 heterocycles. The molecule has 0 aliphatic rings. The summed E-state index contributed by atoms with van der Waals surface area (Å²) in [6.45, 7) is 1.54. The van der Waals surface area contributed by atoms with Gasteiger partial charge >= 0.3 is 0 Å². The molecule has 0 amide bonds. The van der Waals surface area contributed by atoms with Crippen LogP contribution in [0.1, 0.15) is 18.7 Å². The number of aromatic amines is 1. The standard InChI is InChI=1S/C10H9BrFN/c1-6(12)7-5-13-9-4-2-3-8(11)10(7)9/h2-6,13H,1H3. The van der Waals surface area contributed by atoms with Gasteiger partial charge in [0, 0.05) is 27.1 Å². The van der Waals surface area contributed by atoms with Gasteiger partial charge in [0.1, 0.15) is 6.17 Å². The molecule has 0 bridgehead atoms.